The molecule has 2 aliphatic rings. The molecular weight excluding hydrogens is 440 g/mol. The number of carbonyl (C=O) groups is 2. The molecule has 1 heterocycles. The predicted octanol–water partition coefficient (Wildman–Crippen LogP) is 2.02. The number of benzene rings is 1. The number of hydrogen-bond donors (Lipinski definition) is 0. The van der Waals surface area contributed by atoms with Gasteiger partial charge in [-0.1, -0.05) is 37.5 Å². The first kappa shape index (κ1) is 25.6. The first-order valence-electron chi connectivity index (χ1n) is 12.1. The van der Waals surface area contributed by atoms with E-state index in [4.69, 9.17) is 0 Å². The quantitative estimate of drug-likeness (QED) is 0.542. The molecule has 1 aromatic carbocycles. The van der Waals surface area contributed by atoms with E-state index in [0.29, 0.717) is 25.7 Å². The first-order chi connectivity index (χ1) is 15.8. The minimum atomic E-state index is -3.54. The van der Waals surface area contributed by atoms with Gasteiger partial charge in [-0.3, -0.25) is 9.59 Å². The van der Waals surface area contributed by atoms with Crippen molar-refractivity contribution in [3.8, 4) is 0 Å². The Morgan fingerprint density at radius 2 is 1.55 bits per heavy atom. The maximum absolute atomic E-state index is 12.7. The van der Waals surface area contributed by atoms with E-state index in [1.54, 1.807) is 47.2 Å². The lowest BCUT2D eigenvalue weighted by Gasteiger charge is -2.34. The van der Waals surface area contributed by atoms with E-state index in [1.165, 1.54) is 36.4 Å². The van der Waals surface area contributed by atoms with Gasteiger partial charge in [-0.15, -0.1) is 0 Å². The summed E-state index contributed by atoms with van der Waals surface area (Å²) in [6.07, 6.45) is 6.73. The second-order valence-electron chi connectivity index (χ2n) is 9.19. The zero-order chi connectivity index (χ0) is 23.8. The van der Waals surface area contributed by atoms with Crippen molar-refractivity contribution in [3.05, 3.63) is 30.3 Å². The third-order valence-electron chi connectivity index (χ3n) is 6.94. The molecule has 0 aromatic heterocycles. The van der Waals surface area contributed by atoms with Crippen LogP contribution < -0.4 is 0 Å². The van der Waals surface area contributed by atoms with Gasteiger partial charge in [0.1, 0.15) is 0 Å². The summed E-state index contributed by atoms with van der Waals surface area (Å²) in [5, 5.41) is 0. The van der Waals surface area contributed by atoms with E-state index >= 15 is 0 Å². The van der Waals surface area contributed by atoms with Crippen LogP contribution in [0.5, 0.6) is 0 Å². The highest BCUT2D eigenvalue weighted by Crippen LogP contribution is 2.21. The van der Waals surface area contributed by atoms with Crippen LogP contribution in [0.1, 0.15) is 44.9 Å². The number of rotatable bonds is 9. The van der Waals surface area contributed by atoms with Crippen molar-refractivity contribution in [2.75, 3.05) is 53.4 Å². The molecule has 0 bridgehead atoms. The van der Waals surface area contributed by atoms with Gasteiger partial charge < -0.3 is 14.7 Å². The highest BCUT2D eigenvalue weighted by atomic mass is 32.2. The number of likely N-dealkylation sites (N-methyl/N-ethyl adjacent to an activating group) is 2. The van der Waals surface area contributed by atoms with E-state index in [-0.39, 0.29) is 42.6 Å². The summed E-state index contributed by atoms with van der Waals surface area (Å²) in [5.41, 5.74) is 0. The molecule has 1 aliphatic heterocycles. The van der Waals surface area contributed by atoms with Gasteiger partial charge in [-0.25, -0.2) is 8.42 Å². The summed E-state index contributed by atoms with van der Waals surface area (Å²) in [6.45, 7) is 2.74. The monoisotopic (exact) mass is 478 g/mol. The molecule has 1 aliphatic carbocycles. The van der Waals surface area contributed by atoms with Crippen LogP contribution in [0.3, 0.4) is 0 Å². The smallest absolute Gasteiger partial charge is 0.243 e. The fraction of sp³-hybridized carbons (Fsp3) is 0.667. The van der Waals surface area contributed by atoms with Crippen molar-refractivity contribution in [3.63, 3.8) is 0 Å². The van der Waals surface area contributed by atoms with E-state index in [2.05, 4.69) is 11.9 Å². The topological polar surface area (TPSA) is 81.2 Å². The van der Waals surface area contributed by atoms with Gasteiger partial charge in [-0.05, 0) is 32.0 Å². The average Bonchev–Trinajstić information content (AvgIpc) is 2.86. The van der Waals surface area contributed by atoms with Gasteiger partial charge in [0.15, 0.2) is 0 Å². The molecule has 33 heavy (non-hydrogen) atoms. The third kappa shape index (κ3) is 7.01. The molecule has 184 valence electrons. The molecule has 1 saturated carbocycles. The Hall–Kier alpha value is -1.97. The van der Waals surface area contributed by atoms with Crippen molar-refractivity contribution < 1.29 is 18.0 Å². The lowest BCUT2D eigenvalue weighted by molar-refractivity contribution is -0.137. The highest BCUT2D eigenvalue weighted by molar-refractivity contribution is 7.89. The normalized spacial score (nSPS) is 18.5. The van der Waals surface area contributed by atoms with Gasteiger partial charge in [0.25, 0.3) is 0 Å². The first-order valence-corrected chi connectivity index (χ1v) is 13.5. The lowest BCUT2D eigenvalue weighted by Crippen LogP contribution is -2.50. The largest absolute Gasteiger partial charge is 0.344 e. The van der Waals surface area contributed by atoms with Gasteiger partial charge in [-0.2, -0.15) is 4.31 Å². The average molecular weight is 479 g/mol. The molecule has 1 aromatic rings. The molecule has 0 spiro atoms. The SMILES string of the molecule is CN(CCN(C)C1CCCCC1)C(=O)CCC(=O)N1CCN(S(=O)(=O)c2ccccc2)CC1. The van der Waals surface area contributed by atoms with Crippen LogP contribution in [0, 0.1) is 0 Å². The Labute approximate surface area is 198 Å². The van der Waals surface area contributed by atoms with E-state index < -0.39 is 10.0 Å². The third-order valence-corrected chi connectivity index (χ3v) is 8.85. The van der Waals surface area contributed by atoms with Crippen LogP contribution in [0.4, 0.5) is 0 Å². The lowest BCUT2D eigenvalue weighted by atomic mass is 9.94. The molecule has 0 atom stereocenters. The maximum atomic E-state index is 12.7. The van der Waals surface area contributed by atoms with Crippen molar-refractivity contribution in [2.24, 2.45) is 0 Å². The second kappa shape index (κ2) is 11.9. The molecule has 8 nitrogen and oxygen atoms in total. The Kier molecular flexibility index (Phi) is 9.28. The zero-order valence-corrected chi connectivity index (χ0v) is 20.8. The van der Waals surface area contributed by atoms with Crippen molar-refractivity contribution in [2.45, 2.75) is 55.9 Å². The number of nitrogens with zero attached hydrogens (tertiary/aromatic N) is 4. The Morgan fingerprint density at radius 3 is 2.18 bits per heavy atom. The molecule has 3 rings (SSSR count). The minimum absolute atomic E-state index is 0.0225. The van der Waals surface area contributed by atoms with Crippen LogP contribution >= 0.6 is 0 Å². The molecule has 9 heteroatoms. The second-order valence-corrected chi connectivity index (χ2v) is 11.1. The minimum Gasteiger partial charge on any atom is -0.344 e. The molecule has 2 fully saturated rings. The van der Waals surface area contributed by atoms with E-state index in [9.17, 15) is 18.0 Å². The van der Waals surface area contributed by atoms with Crippen LogP contribution in [0.15, 0.2) is 35.2 Å². The van der Waals surface area contributed by atoms with Crippen LogP contribution in [0.25, 0.3) is 0 Å². The zero-order valence-electron chi connectivity index (χ0n) is 20.0. The fourth-order valence-electron chi connectivity index (χ4n) is 4.62. The summed E-state index contributed by atoms with van der Waals surface area (Å²) in [6, 6.07) is 8.98. The van der Waals surface area contributed by atoms with Crippen LogP contribution in [-0.2, 0) is 19.6 Å². The van der Waals surface area contributed by atoms with Crippen molar-refractivity contribution in [1.82, 2.24) is 19.0 Å². The Morgan fingerprint density at radius 1 is 0.909 bits per heavy atom. The van der Waals surface area contributed by atoms with E-state index in [1.807, 2.05) is 0 Å². The van der Waals surface area contributed by atoms with Gasteiger partial charge in [0, 0.05) is 65.2 Å². The fourth-order valence-corrected chi connectivity index (χ4v) is 6.06. The van der Waals surface area contributed by atoms with Crippen LogP contribution in [0.2, 0.25) is 0 Å². The van der Waals surface area contributed by atoms with E-state index in [0.717, 1.165) is 6.54 Å². The Balaban J connectivity index is 1.38. The van der Waals surface area contributed by atoms with Crippen LogP contribution in [-0.4, -0.2) is 98.6 Å². The number of amides is 2. The summed E-state index contributed by atoms with van der Waals surface area (Å²) >= 11 is 0. The molecule has 1 saturated heterocycles. The molecule has 0 unspecified atom stereocenters. The summed E-state index contributed by atoms with van der Waals surface area (Å²) in [7, 11) is 0.395. The highest BCUT2D eigenvalue weighted by Gasteiger charge is 2.30. The summed E-state index contributed by atoms with van der Waals surface area (Å²) < 4.78 is 26.9. The van der Waals surface area contributed by atoms with Crippen molar-refractivity contribution >= 4 is 21.8 Å². The Bertz CT molecular complexity index is 879. The summed E-state index contributed by atoms with van der Waals surface area (Å²) in [4.78, 5) is 31.1. The van der Waals surface area contributed by atoms with Gasteiger partial charge in [0.05, 0.1) is 4.90 Å². The maximum Gasteiger partial charge on any atom is 0.243 e. The molecule has 2 amide bonds. The number of piperazine rings is 1. The predicted molar refractivity (Wildman–Crippen MR) is 128 cm³/mol. The number of carbonyl (C=O) groups excluding carboxylic acids is 2. The molecular formula is C24H38N4O4S. The standard InChI is InChI=1S/C24H38N4O4S/c1-25(21-9-5-3-6-10-21)15-16-26(2)23(29)13-14-24(30)27-17-19-28(20-18-27)33(31,32)22-11-7-4-8-12-22/h4,7-8,11-12,21H,3,5-6,9-10,13-20H2,1-2H3. The number of hydrogen-bond acceptors (Lipinski definition) is 5. The summed E-state index contributed by atoms with van der Waals surface area (Å²) in [5.74, 6) is -0.112. The van der Waals surface area contributed by atoms with Gasteiger partial charge >= 0.3 is 0 Å². The van der Waals surface area contributed by atoms with Crippen molar-refractivity contribution in [1.29, 1.82) is 0 Å². The van der Waals surface area contributed by atoms with Gasteiger partial charge in [0.2, 0.25) is 21.8 Å². The molecule has 0 N–H and O–H groups in total. The number of sulfonamides is 1. The molecule has 0 radical (unpaired) electrons.